The summed E-state index contributed by atoms with van der Waals surface area (Å²) >= 11 is 0. The third kappa shape index (κ3) is 4.42. The Bertz CT molecular complexity index is 656. The fourth-order valence-corrected chi connectivity index (χ4v) is 3.21. The smallest absolute Gasteiger partial charge is 0.240 e. The van der Waals surface area contributed by atoms with E-state index in [1.165, 1.54) is 12.1 Å². The summed E-state index contributed by atoms with van der Waals surface area (Å²) in [5, 5.41) is 2.71. The Labute approximate surface area is 145 Å². The molecule has 2 heterocycles. The molecule has 0 radical (unpaired) electrons. The lowest BCUT2D eigenvalue weighted by Gasteiger charge is -2.16. The maximum absolute atomic E-state index is 12.9. The van der Waals surface area contributed by atoms with Crippen LogP contribution < -0.4 is 5.32 Å². The largest absolute Gasteiger partial charge is 0.376 e. The average Bonchev–Trinajstić information content (AvgIpc) is 3.19. The van der Waals surface area contributed by atoms with E-state index in [0.29, 0.717) is 19.6 Å². The van der Waals surface area contributed by atoms with E-state index in [1.807, 2.05) is 0 Å². The van der Waals surface area contributed by atoms with Crippen molar-refractivity contribution in [3.8, 4) is 0 Å². The Balaban J connectivity index is 1.51. The molecule has 2 atom stereocenters. The van der Waals surface area contributed by atoms with Gasteiger partial charge in [0.15, 0.2) is 0 Å². The second kappa shape index (κ2) is 7.74. The van der Waals surface area contributed by atoms with Crippen LogP contribution in [0, 0.1) is 11.7 Å². The predicted octanol–water partition coefficient (Wildman–Crippen LogP) is 1.04. The van der Waals surface area contributed by atoms with Crippen molar-refractivity contribution in [2.24, 2.45) is 5.92 Å². The number of benzene rings is 1. The first-order valence-corrected chi connectivity index (χ1v) is 8.50. The molecule has 0 spiro atoms. The van der Waals surface area contributed by atoms with Gasteiger partial charge in [-0.1, -0.05) is 12.1 Å². The molecule has 2 aliphatic rings. The highest BCUT2D eigenvalue weighted by Crippen LogP contribution is 2.23. The average molecular weight is 348 g/mol. The number of ether oxygens (including phenoxy) is 1. The van der Waals surface area contributed by atoms with Gasteiger partial charge in [0, 0.05) is 19.6 Å². The van der Waals surface area contributed by atoms with E-state index in [2.05, 4.69) is 5.32 Å². The summed E-state index contributed by atoms with van der Waals surface area (Å²) in [6.45, 7) is 0.840. The lowest BCUT2D eigenvalue weighted by molar-refractivity contribution is -0.143. The van der Waals surface area contributed by atoms with Crippen molar-refractivity contribution in [3.63, 3.8) is 0 Å². The fourth-order valence-electron chi connectivity index (χ4n) is 3.21. The van der Waals surface area contributed by atoms with Crippen molar-refractivity contribution < 1.29 is 23.5 Å². The topological polar surface area (TPSA) is 75.7 Å². The van der Waals surface area contributed by atoms with Gasteiger partial charge in [0.1, 0.15) is 12.4 Å². The van der Waals surface area contributed by atoms with E-state index in [9.17, 15) is 18.8 Å². The molecule has 0 aromatic heterocycles. The molecule has 25 heavy (non-hydrogen) atoms. The SMILES string of the molecule is O=C(CN1C(=O)C[C@@H](Cc2ccc(F)cc2)C1=O)NC[C@H]1CCCO1. The van der Waals surface area contributed by atoms with Crippen LogP contribution in [-0.2, 0) is 25.5 Å². The van der Waals surface area contributed by atoms with Crippen LogP contribution >= 0.6 is 0 Å². The summed E-state index contributed by atoms with van der Waals surface area (Å²) in [6, 6.07) is 5.86. The van der Waals surface area contributed by atoms with E-state index in [0.717, 1.165) is 23.3 Å². The van der Waals surface area contributed by atoms with Crippen molar-refractivity contribution >= 4 is 17.7 Å². The lowest BCUT2D eigenvalue weighted by Crippen LogP contribution is -2.42. The number of nitrogens with one attached hydrogen (secondary N) is 1. The van der Waals surface area contributed by atoms with Gasteiger partial charge in [0.05, 0.1) is 12.0 Å². The molecule has 0 bridgehead atoms. The lowest BCUT2D eigenvalue weighted by atomic mass is 9.98. The Hall–Kier alpha value is -2.28. The van der Waals surface area contributed by atoms with Gasteiger partial charge in [-0.15, -0.1) is 0 Å². The molecule has 0 unspecified atom stereocenters. The molecule has 3 amide bonds. The normalized spacial score (nSPS) is 23.3. The van der Waals surface area contributed by atoms with Gasteiger partial charge < -0.3 is 10.1 Å². The highest BCUT2D eigenvalue weighted by molar-refractivity contribution is 6.06. The Kier molecular flexibility index (Phi) is 5.43. The van der Waals surface area contributed by atoms with Crippen LogP contribution in [0.5, 0.6) is 0 Å². The molecule has 1 aromatic carbocycles. The number of hydrogen-bond acceptors (Lipinski definition) is 4. The molecule has 2 fully saturated rings. The highest BCUT2D eigenvalue weighted by atomic mass is 19.1. The molecule has 2 aliphatic heterocycles. The van der Waals surface area contributed by atoms with Crippen LogP contribution in [0.2, 0.25) is 0 Å². The van der Waals surface area contributed by atoms with E-state index in [1.54, 1.807) is 12.1 Å². The minimum Gasteiger partial charge on any atom is -0.376 e. The Morgan fingerprint density at radius 3 is 2.72 bits per heavy atom. The number of imide groups is 1. The van der Waals surface area contributed by atoms with Crippen LogP contribution in [0.3, 0.4) is 0 Å². The first-order valence-electron chi connectivity index (χ1n) is 8.50. The molecule has 134 valence electrons. The zero-order chi connectivity index (χ0) is 17.8. The van der Waals surface area contributed by atoms with Crippen molar-refractivity contribution in [1.82, 2.24) is 10.2 Å². The van der Waals surface area contributed by atoms with Gasteiger partial charge in [-0.3, -0.25) is 19.3 Å². The van der Waals surface area contributed by atoms with Gasteiger partial charge >= 0.3 is 0 Å². The first kappa shape index (κ1) is 17.5. The van der Waals surface area contributed by atoms with Crippen molar-refractivity contribution in [1.29, 1.82) is 0 Å². The molecule has 6 nitrogen and oxygen atoms in total. The number of carbonyl (C=O) groups is 3. The standard InChI is InChI=1S/C18H21FN2O4/c19-14-5-3-12(4-6-14)8-13-9-17(23)21(18(13)24)11-16(22)20-10-15-2-1-7-25-15/h3-6,13,15H,1-2,7-11H2,(H,20,22)/t13-,15-/m1/s1. The van der Waals surface area contributed by atoms with E-state index in [-0.39, 0.29) is 42.6 Å². The number of amides is 3. The van der Waals surface area contributed by atoms with Gasteiger partial charge in [-0.2, -0.15) is 0 Å². The minimum atomic E-state index is -0.496. The number of likely N-dealkylation sites (tertiary alicyclic amines) is 1. The number of hydrogen-bond donors (Lipinski definition) is 1. The molecular formula is C18H21FN2O4. The predicted molar refractivity (Wildman–Crippen MR) is 86.9 cm³/mol. The third-order valence-corrected chi connectivity index (χ3v) is 4.59. The number of rotatable bonds is 6. The number of nitrogens with zero attached hydrogens (tertiary/aromatic N) is 1. The zero-order valence-electron chi connectivity index (χ0n) is 13.9. The summed E-state index contributed by atoms with van der Waals surface area (Å²) in [5.41, 5.74) is 0.789. The van der Waals surface area contributed by atoms with Crippen LogP contribution in [-0.4, -0.2) is 48.4 Å². The van der Waals surface area contributed by atoms with E-state index >= 15 is 0 Å². The highest BCUT2D eigenvalue weighted by Gasteiger charge is 2.39. The zero-order valence-corrected chi connectivity index (χ0v) is 13.9. The van der Waals surface area contributed by atoms with E-state index in [4.69, 9.17) is 4.74 Å². The fraction of sp³-hybridized carbons (Fsp3) is 0.500. The maximum Gasteiger partial charge on any atom is 0.240 e. The Morgan fingerprint density at radius 2 is 2.04 bits per heavy atom. The summed E-state index contributed by atoms with van der Waals surface area (Å²) in [4.78, 5) is 37.5. The summed E-state index contributed by atoms with van der Waals surface area (Å²) in [5.74, 6) is -1.89. The van der Waals surface area contributed by atoms with Crippen molar-refractivity contribution in [2.45, 2.75) is 31.8 Å². The number of carbonyl (C=O) groups excluding carboxylic acids is 3. The summed E-state index contributed by atoms with van der Waals surface area (Å²) in [6.07, 6.45) is 2.34. The van der Waals surface area contributed by atoms with E-state index < -0.39 is 5.92 Å². The number of halogens is 1. The maximum atomic E-state index is 12.9. The van der Waals surface area contributed by atoms with Gasteiger partial charge in [0.2, 0.25) is 17.7 Å². The molecule has 0 saturated carbocycles. The van der Waals surface area contributed by atoms with Crippen LogP contribution in [0.25, 0.3) is 0 Å². The second-order valence-electron chi connectivity index (χ2n) is 6.49. The molecular weight excluding hydrogens is 327 g/mol. The summed E-state index contributed by atoms with van der Waals surface area (Å²) < 4.78 is 18.4. The molecule has 2 saturated heterocycles. The van der Waals surface area contributed by atoms with Gasteiger partial charge in [0.25, 0.3) is 0 Å². The molecule has 7 heteroatoms. The van der Waals surface area contributed by atoms with Crippen LogP contribution in [0.4, 0.5) is 4.39 Å². The molecule has 1 aromatic rings. The van der Waals surface area contributed by atoms with Crippen LogP contribution in [0.1, 0.15) is 24.8 Å². The monoisotopic (exact) mass is 348 g/mol. The minimum absolute atomic E-state index is 0.0140. The quantitative estimate of drug-likeness (QED) is 0.780. The first-order chi connectivity index (χ1) is 12.0. The van der Waals surface area contributed by atoms with Gasteiger partial charge in [-0.25, -0.2) is 4.39 Å². The van der Waals surface area contributed by atoms with Crippen molar-refractivity contribution in [2.75, 3.05) is 19.7 Å². The van der Waals surface area contributed by atoms with Gasteiger partial charge in [-0.05, 0) is 37.0 Å². The molecule has 0 aliphatic carbocycles. The summed E-state index contributed by atoms with van der Waals surface area (Å²) in [7, 11) is 0. The Morgan fingerprint density at radius 1 is 1.28 bits per heavy atom. The van der Waals surface area contributed by atoms with Crippen LogP contribution in [0.15, 0.2) is 24.3 Å². The third-order valence-electron chi connectivity index (χ3n) is 4.59. The second-order valence-corrected chi connectivity index (χ2v) is 6.49. The molecule has 3 rings (SSSR count). The molecule has 1 N–H and O–H groups in total. The van der Waals surface area contributed by atoms with Crippen molar-refractivity contribution in [3.05, 3.63) is 35.6 Å².